The van der Waals surface area contributed by atoms with Gasteiger partial charge in [0, 0.05) is 11.4 Å². The van der Waals surface area contributed by atoms with Crippen molar-refractivity contribution in [3.8, 4) is 17.2 Å². The van der Waals surface area contributed by atoms with Gasteiger partial charge in [-0.2, -0.15) is 0 Å². The number of carbonyl (C=O) groups is 1. The van der Waals surface area contributed by atoms with Crippen molar-refractivity contribution < 1.29 is 19.4 Å². The average molecular weight is 383 g/mol. The van der Waals surface area contributed by atoms with Gasteiger partial charge in [0.05, 0.1) is 0 Å². The summed E-state index contributed by atoms with van der Waals surface area (Å²) in [5.74, 6) is 0.708. The maximum absolute atomic E-state index is 11.7. The minimum absolute atomic E-state index is 0.167. The molecule has 27 heavy (non-hydrogen) atoms. The van der Waals surface area contributed by atoms with E-state index in [1.807, 2.05) is 61.5 Å². The molecular formula is C22H19ClO4. The van der Waals surface area contributed by atoms with E-state index in [0.29, 0.717) is 22.3 Å². The van der Waals surface area contributed by atoms with Crippen LogP contribution in [0, 0.1) is 6.92 Å². The maximum atomic E-state index is 11.7. The number of para-hydroxylation sites is 2. The average Bonchev–Trinajstić information content (AvgIpc) is 2.66. The van der Waals surface area contributed by atoms with Crippen LogP contribution in [0.1, 0.15) is 11.1 Å². The van der Waals surface area contributed by atoms with E-state index in [9.17, 15) is 9.90 Å². The van der Waals surface area contributed by atoms with Crippen LogP contribution >= 0.6 is 11.6 Å². The molecule has 3 aromatic rings. The van der Waals surface area contributed by atoms with Gasteiger partial charge in [-0.3, -0.25) is 0 Å². The second-order valence-corrected chi connectivity index (χ2v) is 6.49. The Hall–Kier alpha value is -2.98. The Balaban J connectivity index is 1.80. The molecule has 3 rings (SSSR count). The van der Waals surface area contributed by atoms with Gasteiger partial charge in [0.25, 0.3) is 0 Å². The number of rotatable bonds is 7. The lowest BCUT2D eigenvalue weighted by atomic mass is 10.1. The first kappa shape index (κ1) is 18.8. The first-order valence-corrected chi connectivity index (χ1v) is 8.87. The van der Waals surface area contributed by atoms with E-state index >= 15 is 0 Å². The molecule has 0 aliphatic heterocycles. The SMILES string of the molecule is Cc1cc(O[C@@H](Cc2ccccc2Oc2ccccc2)C(=O)O)ccc1Cl. The highest BCUT2D eigenvalue weighted by Gasteiger charge is 2.22. The molecule has 0 fully saturated rings. The smallest absolute Gasteiger partial charge is 0.345 e. The molecule has 0 aliphatic rings. The zero-order valence-electron chi connectivity index (χ0n) is 14.8. The Kier molecular flexibility index (Phi) is 5.99. The lowest BCUT2D eigenvalue weighted by Crippen LogP contribution is -2.29. The number of carboxylic acid groups (broad SMARTS) is 1. The van der Waals surface area contributed by atoms with Crippen LogP contribution in [0.3, 0.4) is 0 Å². The van der Waals surface area contributed by atoms with Crippen LogP contribution in [0.15, 0.2) is 72.8 Å². The van der Waals surface area contributed by atoms with Crippen molar-refractivity contribution in [3.63, 3.8) is 0 Å². The van der Waals surface area contributed by atoms with E-state index in [-0.39, 0.29) is 6.42 Å². The Labute approximate surface area is 162 Å². The first-order valence-electron chi connectivity index (χ1n) is 8.49. The molecule has 0 bridgehead atoms. The molecular weight excluding hydrogens is 364 g/mol. The summed E-state index contributed by atoms with van der Waals surface area (Å²) in [6, 6.07) is 21.8. The quantitative estimate of drug-likeness (QED) is 0.585. The summed E-state index contributed by atoms with van der Waals surface area (Å²) in [4.78, 5) is 11.7. The molecule has 0 heterocycles. The van der Waals surface area contributed by atoms with Gasteiger partial charge in [0.2, 0.25) is 0 Å². The van der Waals surface area contributed by atoms with Gasteiger partial charge in [-0.1, -0.05) is 48.0 Å². The van der Waals surface area contributed by atoms with Gasteiger partial charge in [-0.25, -0.2) is 4.79 Å². The third kappa shape index (κ3) is 5.02. The van der Waals surface area contributed by atoms with E-state index in [0.717, 1.165) is 11.1 Å². The number of benzene rings is 3. The third-order valence-electron chi connectivity index (χ3n) is 4.03. The maximum Gasteiger partial charge on any atom is 0.345 e. The molecule has 4 nitrogen and oxygen atoms in total. The number of aliphatic carboxylic acids is 1. The molecule has 0 radical (unpaired) electrons. The fourth-order valence-electron chi connectivity index (χ4n) is 2.62. The second kappa shape index (κ2) is 8.60. The molecule has 5 heteroatoms. The summed E-state index contributed by atoms with van der Waals surface area (Å²) in [5, 5.41) is 10.2. The number of halogens is 1. The van der Waals surface area contributed by atoms with Crippen molar-refractivity contribution in [1.82, 2.24) is 0 Å². The van der Waals surface area contributed by atoms with Crippen molar-refractivity contribution in [2.75, 3.05) is 0 Å². The van der Waals surface area contributed by atoms with Crippen LogP contribution < -0.4 is 9.47 Å². The molecule has 0 unspecified atom stereocenters. The Morgan fingerprint density at radius 3 is 2.41 bits per heavy atom. The van der Waals surface area contributed by atoms with Crippen molar-refractivity contribution in [2.24, 2.45) is 0 Å². The van der Waals surface area contributed by atoms with Crippen LogP contribution in [0.5, 0.6) is 17.2 Å². The second-order valence-electron chi connectivity index (χ2n) is 6.08. The van der Waals surface area contributed by atoms with Crippen LogP contribution in [0.25, 0.3) is 0 Å². The van der Waals surface area contributed by atoms with Gasteiger partial charge in [0.15, 0.2) is 6.10 Å². The summed E-state index contributed by atoms with van der Waals surface area (Å²) < 4.78 is 11.6. The molecule has 0 saturated carbocycles. The van der Waals surface area contributed by atoms with Crippen LogP contribution in [0.4, 0.5) is 0 Å². The fraction of sp³-hybridized carbons (Fsp3) is 0.136. The summed E-state index contributed by atoms with van der Waals surface area (Å²) in [6.45, 7) is 1.84. The molecule has 1 N–H and O–H groups in total. The highest BCUT2D eigenvalue weighted by molar-refractivity contribution is 6.31. The van der Waals surface area contributed by atoms with Crippen LogP contribution in [0.2, 0.25) is 5.02 Å². The number of aryl methyl sites for hydroxylation is 1. The number of ether oxygens (including phenoxy) is 2. The molecule has 0 aliphatic carbocycles. The zero-order valence-corrected chi connectivity index (χ0v) is 15.5. The summed E-state index contributed by atoms with van der Waals surface area (Å²) >= 11 is 6.02. The van der Waals surface area contributed by atoms with Gasteiger partial charge < -0.3 is 14.6 Å². The summed E-state index contributed by atoms with van der Waals surface area (Å²) in [6.07, 6.45) is -0.883. The highest BCUT2D eigenvalue weighted by atomic mass is 35.5. The van der Waals surface area contributed by atoms with Gasteiger partial charge in [0.1, 0.15) is 17.2 Å². The fourth-order valence-corrected chi connectivity index (χ4v) is 2.74. The largest absolute Gasteiger partial charge is 0.478 e. The molecule has 0 amide bonds. The Morgan fingerprint density at radius 1 is 1.00 bits per heavy atom. The lowest BCUT2D eigenvalue weighted by Gasteiger charge is -2.18. The normalized spacial score (nSPS) is 11.6. The van der Waals surface area contributed by atoms with Crippen LogP contribution in [-0.2, 0) is 11.2 Å². The van der Waals surface area contributed by atoms with Crippen LogP contribution in [-0.4, -0.2) is 17.2 Å². The van der Waals surface area contributed by atoms with E-state index < -0.39 is 12.1 Å². The Morgan fingerprint density at radius 2 is 1.70 bits per heavy atom. The summed E-state index contributed by atoms with van der Waals surface area (Å²) in [7, 11) is 0. The standard InChI is InChI=1S/C22H19ClO4/c1-15-13-18(11-12-19(15)23)27-21(22(24)25)14-16-7-5-6-10-20(16)26-17-8-3-2-4-9-17/h2-13,21H,14H2,1H3,(H,24,25)/t21-/m0/s1. The number of hydrogen-bond acceptors (Lipinski definition) is 3. The summed E-state index contributed by atoms with van der Waals surface area (Å²) in [5.41, 5.74) is 1.57. The van der Waals surface area contributed by atoms with Gasteiger partial charge in [-0.05, 0) is 54.4 Å². The first-order chi connectivity index (χ1) is 13.0. The van der Waals surface area contributed by atoms with Gasteiger partial charge in [-0.15, -0.1) is 0 Å². The van der Waals surface area contributed by atoms with E-state index in [1.54, 1.807) is 18.2 Å². The Bertz CT molecular complexity index is 925. The van der Waals surface area contributed by atoms with Crippen molar-refractivity contribution in [2.45, 2.75) is 19.4 Å². The van der Waals surface area contributed by atoms with Crippen molar-refractivity contribution in [1.29, 1.82) is 0 Å². The molecule has 0 spiro atoms. The van der Waals surface area contributed by atoms with Crippen molar-refractivity contribution in [3.05, 3.63) is 88.9 Å². The molecule has 0 aromatic heterocycles. The predicted octanol–water partition coefficient (Wildman–Crippen LogP) is 5.52. The number of carboxylic acids is 1. The molecule has 138 valence electrons. The third-order valence-corrected chi connectivity index (χ3v) is 4.46. The molecule has 0 saturated heterocycles. The topological polar surface area (TPSA) is 55.8 Å². The highest BCUT2D eigenvalue weighted by Crippen LogP contribution is 2.28. The van der Waals surface area contributed by atoms with Gasteiger partial charge >= 0.3 is 5.97 Å². The lowest BCUT2D eigenvalue weighted by molar-refractivity contribution is -0.145. The molecule has 3 aromatic carbocycles. The molecule has 1 atom stereocenters. The predicted molar refractivity (Wildman–Crippen MR) is 105 cm³/mol. The number of hydrogen-bond donors (Lipinski definition) is 1. The zero-order chi connectivity index (χ0) is 19.2. The minimum atomic E-state index is -1.05. The van der Waals surface area contributed by atoms with E-state index in [1.165, 1.54) is 0 Å². The van der Waals surface area contributed by atoms with E-state index in [2.05, 4.69) is 0 Å². The monoisotopic (exact) mass is 382 g/mol. The van der Waals surface area contributed by atoms with Crippen molar-refractivity contribution >= 4 is 17.6 Å². The minimum Gasteiger partial charge on any atom is -0.478 e. The van der Waals surface area contributed by atoms with E-state index in [4.69, 9.17) is 21.1 Å².